The molecule has 0 aliphatic carbocycles. The lowest BCUT2D eigenvalue weighted by atomic mass is 10.0. The zero-order valence-electron chi connectivity index (χ0n) is 52.2. The summed E-state index contributed by atoms with van der Waals surface area (Å²) in [6.07, 6.45) is 69.0. The highest BCUT2D eigenvalue weighted by molar-refractivity contribution is 7.47. The first kappa shape index (κ1) is 75.5. The highest BCUT2D eigenvalue weighted by Gasteiger charge is 2.30. The highest BCUT2D eigenvalue weighted by atomic mass is 31.2. The van der Waals surface area contributed by atoms with Crippen molar-refractivity contribution in [2.24, 2.45) is 0 Å². The molecule has 0 heterocycles. The molecule has 9 nitrogen and oxygen atoms in total. The number of rotatable bonds is 62. The maximum atomic E-state index is 13.5. The molecule has 1 amide bonds. The minimum atomic E-state index is -4.44. The molecule has 0 bridgehead atoms. The summed E-state index contributed by atoms with van der Waals surface area (Å²) in [5.41, 5.74) is 0. The molecule has 3 unspecified atom stereocenters. The van der Waals surface area contributed by atoms with Gasteiger partial charge in [-0.2, -0.15) is 0 Å². The van der Waals surface area contributed by atoms with Crippen molar-refractivity contribution in [1.29, 1.82) is 0 Å². The number of phosphoric acid groups is 1. The molecule has 3 atom stereocenters. The fourth-order valence-electron chi connectivity index (χ4n) is 10.2. The molecule has 0 radical (unpaired) electrons. The summed E-state index contributed by atoms with van der Waals surface area (Å²) in [4.78, 5) is 37.8. The molecule has 0 rings (SSSR count). The van der Waals surface area contributed by atoms with E-state index in [1.165, 1.54) is 250 Å². The number of hydrogen-bond acceptors (Lipinski definition) is 6. The number of phosphoric ester groups is 1. The molecule has 0 aromatic heterocycles. The average molecular weight is 1110 g/mol. The van der Waals surface area contributed by atoms with Crippen LogP contribution < -0.4 is 5.32 Å². The summed E-state index contributed by atoms with van der Waals surface area (Å²) in [7, 11) is 1.52. The van der Waals surface area contributed by atoms with Crippen LogP contribution in [0.1, 0.15) is 342 Å². The van der Waals surface area contributed by atoms with E-state index in [4.69, 9.17) is 13.8 Å². The van der Waals surface area contributed by atoms with E-state index >= 15 is 0 Å². The Morgan fingerprint density at radius 3 is 1.10 bits per heavy atom. The van der Waals surface area contributed by atoms with E-state index in [-0.39, 0.29) is 25.1 Å². The van der Waals surface area contributed by atoms with Crippen LogP contribution in [0, 0.1) is 0 Å². The van der Waals surface area contributed by atoms with E-state index in [1.807, 2.05) is 33.3 Å². The maximum absolute atomic E-state index is 13.5. The quantitative estimate of drug-likeness (QED) is 0.0205. The molecule has 77 heavy (non-hydrogen) atoms. The van der Waals surface area contributed by atoms with Crippen LogP contribution >= 0.6 is 7.82 Å². The number of nitrogens with zero attached hydrogens (tertiary/aromatic N) is 1. The van der Waals surface area contributed by atoms with Crippen molar-refractivity contribution in [3.63, 3.8) is 0 Å². The number of amides is 1. The van der Waals surface area contributed by atoms with Crippen LogP contribution in [0.4, 0.5) is 0 Å². The van der Waals surface area contributed by atoms with E-state index in [0.717, 1.165) is 57.8 Å². The first-order chi connectivity index (χ1) is 37.4. The smallest absolute Gasteiger partial charge is 0.456 e. The van der Waals surface area contributed by atoms with Gasteiger partial charge in [0.2, 0.25) is 5.91 Å². The van der Waals surface area contributed by atoms with Crippen molar-refractivity contribution in [2.75, 3.05) is 40.9 Å². The third-order valence-corrected chi connectivity index (χ3v) is 16.4. The van der Waals surface area contributed by atoms with Crippen LogP contribution in [0.15, 0.2) is 24.3 Å². The number of unbranched alkanes of at least 4 members (excludes halogenated alkanes) is 44. The Balaban J connectivity index is 5.04. The Morgan fingerprint density at radius 1 is 0.442 bits per heavy atom. The number of carbonyl (C=O) groups excluding carboxylic acids is 2. The summed E-state index contributed by atoms with van der Waals surface area (Å²) in [6, 6.07) is -0.841. The number of likely N-dealkylation sites (N-methyl/N-ethyl adjacent to an activating group) is 1. The number of esters is 1. The normalized spacial score (nSPS) is 13.7. The van der Waals surface area contributed by atoms with Crippen LogP contribution in [-0.2, 0) is 27.9 Å². The van der Waals surface area contributed by atoms with Gasteiger partial charge in [0.15, 0.2) is 0 Å². The van der Waals surface area contributed by atoms with Crippen molar-refractivity contribution in [2.45, 2.75) is 354 Å². The van der Waals surface area contributed by atoms with E-state index in [2.05, 4.69) is 38.2 Å². The molecule has 0 saturated heterocycles. The standard InChI is InChI=1S/C67H131N2O7P/c1-7-10-13-16-19-22-25-28-29-30-31-32-33-34-35-36-37-38-39-42-45-48-51-54-57-60-67(71)76-65(58-55-52-49-46-43-40-26-23-20-17-14-11-8-2)64(63-75-77(72,73)74-62-61-69(4,5)6)68-66(70)59-56-53-50-47-44-41-27-24-21-18-15-12-9-3/h28-29,55,58,64-65H,7-27,30-54,56-57,59-63H2,1-6H3,(H-,68,70,72,73)/p+1/b29-28+,58-55-. The third kappa shape index (κ3) is 58.9. The first-order valence-electron chi connectivity index (χ1n) is 33.7. The monoisotopic (exact) mass is 1110 g/mol. The molecule has 0 aliphatic rings. The summed E-state index contributed by atoms with van der Waals surface area (Å²) >= 11 is 0. The third-order valence-electron chi connectivity index (χ3n) is 15.4. The van der Waals surface area contributed by atoms with Crippen LogP contribution in [0.5, 0.6) is 0 Å². The SMILES string of the molecule is CCCCCCCC/C=C/CCCCCCCCCCCCCCCCCC(=O)OC(/C=C\CCCCCCCCCCCCC)C(COP(=O)(O)OCC[N+](C)(C)C)NC(=O)CCCCCCCCCCCCCCC. The molecule has 10 heteroatoms. The Kier molecular flexibility index (Phi) is 56.6. The largest absolute Gasteiger partial charge is 0.472 e. The lowest BCUT2D eigenvalue weighted by molar-refractivity contribution is -0.870. The molecule has 0 fully saturated rings. The van der Waals surface area contributed by atoms with Gasteiger partial charge in [-0.3, -0.25) is 18.6 Å². The number of quaternary nitrogens is 1. The summed E-state index contributed by atoms with van der Waals surface area (Å²) < 4.78 is 30.8. The van der Waals surface area contributed by atoms with Gasteiger partial charge in [0.25, 0.3) is 0 Å². The van der Waals surface area contributed by atoms with Gasteiger partial charge >= 0.3 is 13.8 Å². The molecule has 0 aliphatic heterocycles. The minimum Gasteiger partial charge on any atom is -0.456 e. The van der Waals surface area contributed by atoms with Crippen molar-refractivity contribution in [3.8, 4) is 0 Å². The molecule has 456 valence electrons. The molecule has 2 N–H and O–H groups in total. The lowest BCUT2D eigenvalue weighted by Gasteiger charge is -2.27. The Morgan fingerprint density at radius 2 is 0.753 bits per heavy atom. The summed E-state index contributed by atoms with van der Waals surface area (Å²) in [5, 5.41) is 3.07. The summed E-state index contributed by atoms with van der Waals surface area (Å²) in [6.45, 7) is 7.06. The first-order valence-corrected chi connectivity index (χ1v) is 35.2. The second-order valence-electron chi connectivity index (χ2n) is 24.4. The number of ether oxygens (including phenoxy) is 1. The Bertz CT molecular complexity index is 1370. The topological polar surface area (TPSA) is 111 Å². The highest BCUT2D eigenvalue weighted by Crippen LogP contribution is 2.43. The van der Waals surface area contributed by atoms with Gasteiger partial charge in [0.05, 0.1) is 33.8 Å². The van der Waals surface area contributed by atoms with Gasteiger partial charge in [0.1, 0.15) is 19.3 Å². The van der Waals surface area contributed by atoms with Crippen LogP contribution in [0.25, 0.3) is 0 Å². The maximum Gasteiger partial charge on any atom is 0.472 e. The molecular weight excluding hydrogens is 976 g/mol. The van der Waals surface area contributed by atoms with Gasteiger partial charge in [-0.15, -0.1) is 0 Å². The van der Waals surface area contributed by atoms with E-state index < -0.39 is 20.0 Å². The van der Waals surface area contributed by atoms with E-state index in [1.54, 1.807) is 0 Å². The van der Waals surface area contributed by atoms with Crippen molar-refractivity contribution in [1.82, 2.24) is 5.32 Å². The van der Waals surface area contributed by atoms with E-state index in [0.29, 0.717) is 23.9 Å². The van der Waals surface area contributed by atoms with Gasteiger partial charge in [-0.1, -0.05) is 296 Å². The molecular formula is C67H132N2O7P+. The zero-order valence-corrected chi connectivity index (χ0v) is 53.1. The van der Waals surface area contributed by atoms with Gasteiger partial charge in [-0.05, 0) is 57.4 Å². The molecule has 0 saturated carbocycles. The average Bonchev–Trinajstić information content (AvgIpc) is 3.39. The molecule has 0 spiro atoms. The minimum absolute atomic E-state index is 0.0445. The van der Waals surface area contributed by atoms with Crippen LogP contribution in [0.2, 0.25) is 0 Å². The predicted octanol–water partition coefficient (Wildman–Crippen LogP) is 20.9. The van der Waals surface area contributed by atoms with E-state index in [9.17, 15) is 19.0 Å². The molecule has 0 aromatic rings. The second-order valence-corrected chi connectivity index (χ2v) is 25.8. The van der Waals surface area contributed by atoms with Crippen molar-refractivity contribution >= 4 is 19.7 Å². The van der Waals surface area contributed by atoms with Crippen LogP contribution in [0.3, 0.4) is 0 Å². The van der Waals surface area contributed by atoms with Crippen LogP contribution in [-0.4, -0.2) is 74.3 Å². The fraction of sp³-hybridized carbons (Fsp3) is 0.910. The number of nitrogens with one attached hydrogen (secondary N) is 1. The zero-order chi connectivity index (χ0) is 56.4. The van der Waals surface area contributed by atoms with Gasteiger partial charge < -0.3 is 19.4 Å². The summed E-state index contributed by atoms with van der Waals surface area (Å²) in [5.74, 6) is -0.485. The lowest BCUT2D eigenvalue weighted by Crippen LogP contribution is -2.47. The Hall–Kier alpha value is -1.51. The molecule has 0 aromatic carbocycles. The van der Waals surface area contributed by atoms with Gasteiger partial charge in [-0.25, -0.2) is 4.57 Å². The second kappa shape index (κ2) is 57.7. The van der Waals surface area contributed by atoms with Crippen molar-refractivity contribution < 1.29 is 37.3 Å². The predicted molar refractivity (Wildman–Crippen MR) is 333 cm³/mol. The fourth-order valence-corrected chi connectivity index (χ4v) is 10.9. The number of hydrogen-bond donors (Lipinski definition) is 2. The van der Waals surface area contributed by atoms with Gasteiger partial charge in [0, 0.05) is 12.8 Å². The number of carbonyl (C=O) groups is 2. The Labute approximate surface area is 479 Å². The number of allylic oxidation sites excluding steroid dienone is 3. The van der Waals surface area contributed by atoms with Crippen molar-refractivity contribution in [3.05, 3.63) is 24.3 Å².